The lowest BCUT2D eigenvalue weighted by Gasteiger charge is -2.15. The van der Waals surface area contributed by atoms with E-state index in [0.717, 1.165) is 81.9 Å². The fourth-order valence-electron chi connectivity index (χ4n) is 8.13. The Balaban J connectivity index is 0.951. The number of rotatable bonds is 13. The molecule has 0 saturated carbocycles. The van der Waals surface area contributed by atoms with Gasteiger partial charge >= 0.3 is 0 Å². The predicted octanol–water partition coefficient (Wildman–Crippen LogP) is 6.95. The van der Waals surface area contributed by atoms with Crippen molar-refractivity contribution in [1.29, 1.82) is 0 Å². The summed E-state index contributed by atoms with van der Waals surface area (Å²) in [5.41, 5.74) is 14.7. The number of aromatic nitrogens is 4. The number of fused-ring (bicyclic) bond motifs is 3. The first-order valence-corrected chi connectivity index (χ1v) is 19.9. The Morgan fingerprint density at radius 1 is 0.891 bits per heavy atom. The molecule has 0 unspecified atom stereocenters. The number of aryl methyl sites for hydroxylation is 4. The number of benzene rings is 2. The summed E-state index contributed by atoms with van der Waals surface area (Å²) in [5.74, 6) is 0. The lowest BCUT2D eigenvalue weighted by molar-refractivity contribution is -0.690. The van der Waals surface area contributed by atoms with Crippen LogP contribution in [0.2, 0.25) is 0 Å². The third kappa shape index (κ3) is 8.41. The van der Waals surface area contributed by atoms with E-state index in [1.807, 2.05) is 25.5 Å². The number of hydrogen-bond acceptors (Lipinski definition) is 3. The van der Waals surface area contributed by atoms with E-state index in [4.69, 9.17) is 0 Å². The Morgan fingerprint density at radius 3 is 2.27 bits per heavy atom. The fraction of sp³-hybridized carbons (Fsp3) is 0.298. The van der Waals surface area contributed by atoms with Gasteiger partial charge in [-0.2, -0.15) is 4.57 Å². The molecular formula is C47H57N8+3. The van der Waals surface area contributed by atoms with E-state index in [1.54, 1.807) is 0 Å². The van der Waals surface area contributed by atoms with Crippen molar-refractivity contribution < 1.29 is 15.2 Å². The van der Waals surface area contributed by atoms with Crippen molar-refractivity contribution in [3.63, 3.8) is 0 Å². The van der Waals surface area contributed by atoms with Gasteiger partial charge in [-0.3, -0.25) is 4.99 Å². The first-order chi connectivity index (χ1) is 26.8. The van der Waals surface area contributed by atoms with Crippen molar-refractivity contribution in [1.82, 2.24) is 19.0 Å². The van der Waals surface area contributed by atoms with E-state index in [-0.39, 0.29) is 0 Å². The highest BCUT2D eigenvalue weighted by atomic mass is 15.1. The van der Waals surface area contributed by atoms with Crippen molar-refractivity contribution in [2.75, 3.05) is 19.6 Å². The summed E-state index contributed by atoms with van der Waals surface area (Å²) < 4.78 is 7.31. The van der Waals surface area contributed by atoms with Crippen molar-refractivity contribution in [3.8, 4) is 0 Å². The fourth-order valence-corrected chi connectivity index (χ4v) is 8.13. The normalized spacial score (nSPS) is 16.3. The Kier molecular flexibility index (Phi) is 11.8. The lowest BCUT2D eigenvalue weighted by atomic mass is 10.00. The molecule has 0 radical (unpaired) electrons. The molecule has 7 rings (SSSR count). The van der Waals surface area contributed by atoms with Crippen molar-refractivity contribution in [3.05, 3.63) is 150 Å². The molecule has 5 aromatic rings. The van der Waals surface area contributed by atoms with Crippen LogP contribution in [0, 0.1) is 20.8 Å². The van der Waals surface area contributed by atoms with Gasteiger partial charge in [0, 0.05) is 95.0 Å². The number of allylic oxidation sites excluding steroid dienone is 3. The van der Waals surface area contributed by atoms with Crippen LogP contribution in [0.3, 0.4) is 0 Å². The molecule has 0 bridgehead atoms. The van der Waals surface area contributed by atoms with Crippen LogP contribution in [0.25, 0.3) is 39.5 Å². The maximum atomic E-state index is 4.59. The monoisotopic (exact) mass is 733 g/mol. The zero-order valence-electron chi connectivity index (χ0n) is 33.1. The zero-order chi connectivity index (χ0) is 38.3. The summed E-state index contributed by atoms with van der Waals surface area (Å²) in [6.07, 6.45) is 23.3. The SMILES string of the molecule is C=CN(C=C[NH2+]CCCn1c(C)c(C=C2CC[NH2+]C=C(C)N=CC2=C)c2ccccc21)CCCn1c(C)c(C=C2CC[n+]3cc(C)ncc32)c2ccccc21. The molecule has 0 spiro atoms. The van der Waals surface area contributed by atoms with Crippen LogP contribution < -0.4 is 15.2 Å². The lowest BCUT2D eigenvalue weighted by Crippen LogP contribution is -2.78. The van der Waals surface area contributed by atoms with E-state index in [9.17, 15) is 0 Å². The second-order valence-electron chi connectivity index (χ2n) is 14.9. The molecule has 0 atom stereocenters. The summed E-state index contributed by atoms with van der Waals surface area (Å²) >= 11 is 0. The van der Waals surface area contributed by atoms with Crippen LogP contribution in [0.15, 0.2) is 121 Å². The molecule has 2 aromatic carbocycles. The first-order valence-electron chi connectivity index (χ1n) is 19.9. The van der Waals surface area contributed by atoms with Crippen LogP contribution in [0.5, 0.6) is 0 Å². The van der Waals surface area contributed by atoms with Gasteiger partial charge in [-0.25, -0.2) is 4.98 Å². The maximum Gasteiger partial charge on any atom is 0.227 e. The molecule has 4 N–H and O–H groups in total. The van der Waals surface area contributed by atoms with E-state index in [1.165, 1.54) is 61.2 Å². The number of para-hydroxylation sites is 2. The van der Waals surface area contributed by atoms with Gasteiger partial charge in [-0.1, -0.05) is 49.6 Å². The molecule has 0 aliphatic carbocycles. The van der Waals surface area contributed by atoms with Crippen LogP contribution in [-0.2, 0) is 19.6 Å². The Labute approximate surface area is 326 Å². The van der Waals surface area contributed by atoms with Crippen molar-refractivity contribution >= 4 is 45.7 Å². The molecule has 8 nitrogen and oxygen atoms in total. The van der Waals surface area contributed by atoms with E-state index < -0.39 is 0 Å². The summed E-state index contributed by atoms with van der Waals surface area (Å²) in [6, 6.07) is 17.6. The van der Waals surface area contributed by atoms with Gasteiger partial charge in [0.2, 0.25) is 5.69 Å². The number of hydrogen-bond donors (Lipinski definition) is 2. The molecule has 0 saturated heterocycles. The van der Waals surface area contributed by atoms with E-state index in [2.05, 4.69) is 159 Å². The number of nitrogens with zero attached hydrogens (tertiary/aromatic N) is 6. The zero-order valence-corrected chi connectivity index (χ0v) is 33.1. The predicted molar refractivity (Wildman–Crippen MR) is 228 cm³/mol. The van der Waals surface area contributed by atoms with Crippen molar-refractivity contribution in [2.24, 2.45) is 4.99 Å². The molecule has 2 aliphatic heterocycles. The van der Waals surface area contributed by atoms with Crippen molar-refractivity contribution in [2.45, 2.75) is 73.0 Å². The maximum absolute atomic E-state index is 4.59. The standard InChI is InChI=1S/C47H55N8/c1-7-52(23-13-25-55-38(6)44(42-15-9-11-17-46(42)55)29-40-19-26-53-33-36(4)51-32-47(40)53)27-22-48-20-12-24-54-37(5)43(41-14-8-10-16-45(41)54)28-39-18-21-49-31-35(3)50-30-34(39)2/h7-11,14-17,22,27-33,48-49H,1-2,12-13,18-21,23-26H2,3-6H3/q+1/p+2. The molecule has 5 heterocycles. The highest BCUT2D eigenvalue weighted by Crippen LogP contribution is 2.32. The Bertz CT molecular complexity index is 2380. The minimum atomic E-state index is 0.907. The third-order valence-corrected chi connectivity index (χ3v) is 11.2. The number of nitrogens with two attached hydrogens (primary N) is 2. The van der Waals surface area contributed by atoms with Gasteiger partial charge in [-0.05, 0) is 75.7 Å². The quantitative estimate of drug-likeness (QED) is 0.102. The van der Waals surface area contributed by atoms with Gasteiger partial charge < -0.3 is 24.7 Å². The summed E-state index contributed by atoms with van der Waals surface area (Å²) in [5, 5.41) is 7.11. The molecule has 8 heteroatoms. The summed E-state index contributed by atoms with van der Waals surface area (Å²) in [7, 11) is 0. The minimum Gasteiger partial charge on any atom is -0.350 e. The van der Waals surface area contributed by atoms with E-state index >= 15 is 0 Å². The van der Waals surface area contributed by atoms with Gasteiger partial charge in [0.05, 0.1) is 31.2 Å². The van der Waals surface area contributed by atoms with Gasteiger partial charge in [0.15, 0.2) is 12.7 Å². The van der Waals surface area contributed by atoms with Crippen LogP contribution >= 0.6 is 0 Å². The third-order valence-electron chi connectivity index (χ3n) is 11.2. The van der Waals surface area contributed by atoms with Gasteiger partial charge in [0.25, 0.3) is 0 Å². The van der Waals surface area contributed by atoms with Crippen LogP contribution in [0.4, 0.5) is 0 Å². The Morgan fingerprint density at radius 2 is 1.56 bits per heavy atom. The average Bonchev–Trinajstić information content (AvgIpc) is 3.82. The minimum absolute atomic E-state index is 0.907. The largest absolute Gasteiger partial charge is 0.350 e. The summed E-state index contributed by atoms with van der Waals surface area (Å²) in [4.78, 5) is 11.4. The molecule has 0 fully saturated rings. The molecule has 3 aromatic heterocycles. The highest BCUT2D eigenvalue weighted by molar-refractivity contribution is 5.96. The average molecular weight is 734 g/mol. The molecule has 282 valence electrons. The molecular weight excluding hydrogens is 677 g/mol. The number of aliphatic imine (C=N–C) groups is 1. The first kappa shape index (κ1) is 37.7. The molecule has 0 amide bonds. The number of quaternary nitrogens is 2. The molecule has 55 heavy (non-hydrogen) atoms. The highest BCUT2D eigenvalue weighted by Gasteiger charge is 2.26. The molecule has 2 aliphatic rings. The second-order valence-corrected chi connectivity index (χ2v) is 14.9. The van der Waals surface area contributed by atoms with Gasteiger partial charge in [-0.15, -0.1) is 0 Å². The topological polar surface area (TPSA) is 75.5 Å². The van der Waals surface area contributed by atoms with Crippen LogP contribution in [-0.4, -0.2) is 44.9 Å². The summed E-state index contributed by atoms with van der Waals surface area (Å²) in [6.45, 7) is 22.9. The van der Waals surface area contributed by atoms with Crippen LogP contribution in [0.1, 0.15) is 66.5 Å². The van der Waals surface area contributed by atoms with Gasteiger partial charge in [0.1, 0.15) is 18.1 Å². The Hall–Kier alpha value is -5.57. The van der Waals surface area contributed by atoms with E-state index in [0.29, 0.717) is 0 Å². The second kappa shape index (κ2) is 17.3. The smallest absolute Gasteiger partial charge is 0.227 e.